The molecule has 1 fully saturated rings. The van der Waals surface area contributed by atoms with Gasteiger partial charge in [-0.2, -0.15) is 0 Å². The number of amides is 3. The normalized spacial score (nSPS) is 15.9. The zero-order valence-corrected chi connectivity index (χ0v) is 16.5. The van der Waals surface area contributed by atoms with Crippen molar-refractivity contribution in [2.75, 3.05) is 11.9 Å². The first-order valence-electron chi connectivity index (χ1n) is 6.98. The van der Waals surface area contributed by atoms with Crippen LogP contribution in [-0.2, 0) is 9.59 Å². The minimum Gasteiger partial charge on any atom is -0.324 e. The molecule has 0 atom stereocenters. The van der Waals surface area contributed by atoms with Crippen LogP contribution in [0.1, 0.15) is 4.88 Å². The van der Waals surface area contributed by atoms with Crippen LogP contribution in [0.4, 0.5) is 10.5 Å². The first-order chi connectivity index (χ1) is 11.9. The largest absolute Gasteiger partial charge is 0.324 e. The second-order valence-corrected chi connectivity index (χ2v) is 8.19. The first-order valence-corrected chi connectivity index (χ1v) is 9.84. The van der Waals surface area contributed by atoms with E-state index in [-0.39, 0.29) is 6.54 Å². The summed E-state index contributed by atoms with van der Waals surface area (Å²) in [7, 11) is 0. The van der Waals surface area contributed by atoms with Crippen molar-refractivity contribution in [2.45, 2.75) is 0 Å². The molecular weight excluding hydrogens is 448 g/mol. The Labute approximate surface area is 165 Å². The van der Waals surface area contributed by atoms with Gasteiger partial charge in [-0.25, -0.2) is 0 Å². The fourth-order valence-electron chi connectivity index (χ4n) is 2.06. The van der Waals surface area contributed by atoms with E-state index in [0.717, 1.165) is 21.5 Å². The smallest absolute Gasteiger partial charge is 0.294 e. The monoisotopic (exact) mass is 456 g/mol. The minimum atomic E-state index is -0.474. The molecule has 128 valence electrons. The molecule has 5 nitrogen and oxygen atoms in total. The number of thioether (sulfide) groups is 1. The predicted molar refractivity (Wildman–Crippen MR) is 105 cm³/mol. The molecule has 1 aliphatic heterocycles. The van der Waals surface area contributed by atoms with Crippen LogP contribution in [0.5, 0.6) is 0 Å². The van der Waals surface area contributed by atoms with Crippen LogP contribution < -0.4 is 5.32 Å². The molecule has 1 N–H and O–H groups in total. The molecule has 0 bridgehead atoms. The second-order valence-electron chi connectivity index (χ2n) is 4.96. The molecule has 0 unspecified atom stereocenters. The van der Waals surface area contributed by atoms with Crippen LogP contribution in [0.15, 0.2) is 45.1 Å². The maximum Gasteiger partial charge on any atom is 0.294 e. The van der Waals surface area contributed by atoms with E-state index in [1.807, 2.05) is 17.5 Å². The average Bonchev–Trinajstić information content (AvgIpc) is 3.15. The SMILES string of the molecule is O=C(CN1C(=O)S/C(=C/c2cccs2)C1=O)Nc1ccc(Br)c(Cl)c1. The Morgan fingerprint density at radius 3 is 2.80 bits per heavy atom. The van der Waals surface area contributed by atoms with E-state index in [9.17, 15) is 14.4 Å². The maximum atomic E-state index is 12.3. The minimum absolute atomic E-state index is 0.312. The van der Waals surface area contributed by atoms with E-state index >= 15 is 0 Å². The Hall–Kier alpha value is -1.61. The van der Waals surface area contributed by atoms with Crippen molar-refractivity contribution in [3.8, 4) is 0 Å². The van der Waals surface area contributed by atoms with Crippen molar-refractivity contribution in [2.24, 2.45) is 0 Å². The van der Waals surface area contributed by atoms with Gasteiger partial charge >= 0.3 is 0 Å². The number of nitrogens with zero attached hydrogens (tertiary/aromatic N) is 1. The molecule has 0 radical (unpaired) electrons. The van der Waals surface area contributed by atoms with E-state index in [0.29, 0.717) is 20.1 Å². The maximum absolute atomic E-state index is 12.3. The number of hydrogen-bond donors (Lipinski definition) is 1. The molecule has 0 spiro atoms. The summed E-state index contributed by atoms with van der Waals surface area (Å²) in [6.45, 7) is -0.347. The molecule has 0 aliphatic carbocycles. The summed E-state index contributed by atoms with van der Waals surface area (Å²) >= 11 is 11.5. The predicted octanol–water partition coefficient (Wildman–Crippen LogP) is 4.84. The van der Waals surface area contributed by atoms with Gasteiger partial charge in [-0.1, -0.05) is 17.7 Å². The highest BCUT2D eigenvalue weighted by atomic mass is 79.9. The van der Waals surface area contributed by atoms with Crippen molar-refractivity contribution in [3.63, 3.8) is 0 Å². The van der Waals surface area contributed by atoms with Crippen molar-refractivity contribution >= 4 is 79.4 Å². The van der Waals surface area contributed by atoms with Crippen LogP contribution in [0, 0.1) is 0 Å². The molecule has 3 rings (SSSR count). The molecule has 25 heavy (non-hydrogen) atoms. The van der Waals surface area contributed by atoms with Gasteiger partial charge in [0.25, 0.3) is 11.1 Å². The van der Waals surface area contributed by atoms with Crippen LogP contribution >= 0.6 is 50.6 Å². The fraction of sp³-hybridized carbons (Fsp3) is 0.0625. The first kappa shape index (κ1) is 18.2. The van der Waals surface area contributed by atoms with E-state index in [1.165, 1.54) is 11.3 Å². The molecule has 1 aromatic carbocycles. The van der Waals surface area contributed by atoms with Gasteiger partial charge in [0.15, 0.2) is 0 Å². The van der Waals surface area contributed by atoms with Gasteiger partial charge in [-0.3, -0.25) is 19.3 Å². The number of imide groups is 1. The Kier molecular flexibility index (Phi) is 5.63. The van der Waals surface area contributed by atoms with Gasteiger partial charge in [-0.05, 0) is 63.4 Å². The van der Waals surface area contributed by atoms with Gasteiger partial charge in [0, 0.05) is 15.0 Å². The quantitative estimate of drug-likeness (QED) is 0.667. The number of nitrogens with one attached hydrogen (secondary N) is 1. The number of benzene rings is 1. The lowest BCUT2D eigenvalue weighted by Crippen LogP contribution is -2.36. The molecule has 1 aliphatic rings. The van der Waals surface area contributed by atoms with Gasteiger partial charge in [0.05, 0.1) is 9.93 Å². The van der Waals surface area contributed by atoms with E-state index in [2.05, 4.69) is 21.2 Å². The number of rotatable bonds is 4. The highest BCUT2D eigenvalue weighted by Gasteiger charge is 2.36. The lowest BCUT2D eigenvalue weighted by atomic mass is 10.3. The van der Waals surface area contributed by atoms with Crippen LogP contribution in [0.2, 0.25) is 5.02 Å². The van der Waals surface area contributed by atoms with Gasteiger partial charge in [-0.15, -0.1) is 11.3 Å². The Morgan fingerprint density at radius 2 is 2.12 bits per heavy atom. The van der Waals surface area contributed by atoms with Gasteiger partial charge < -0.3 is 5.32 Å². The van der Waals surface area contributed by atoms with Crippen LogP contribution in [0.25, 0.3) is 6.08 Å². The highest BCUT2D eigenvalue weighted by Crippen LogP contribution is 2.33. The zero-order chi connectivity index (χ0) is 18.0. The molecule has 9 heteroatoms. The Morgan fingerprint density at radius 1 is 1.32 bits per heavy atom. The lowest BCUT2D eigenvalue weighted by molar-refractivity contribution is -0.127. The number of anilines is 1. The second kappa shape index (κ2) is 7.74. The molecule has 2 aromatic rings. The fourth-order valence-corrected chi connectivity index (χ4v) is 4.05. The van der Waals surface area contributed by atoms with Crippen LogP contribution in [0.3, 0.4) is 0 Å². The Balaban J connectivity index is 1.67. The lowest BCUT2D eigenvalue weighted by Gasteiger charge is -2.12. The Bertz CT molecular complexity index is 884. The molecule has 2 heterocycles. The van der Waals surface area contributed by atoms with Crippen LogP contribution in [-0.4, -0.2) is 28.5 Å². The highest BCUT2D eigenvalue weighted by molar-refractivity contribution is 9.10. The number of carbonyl (C=O) groups excluding carboxylic acids is 3. The number of thiophene rings is 1. The third kappa shape index (κ3) is 4.33. The molecular formula is C16H10BrClN2O3S2. The molecule has 3 amide bonds. The summed E-state index contributed by atoms with van der Waals surface area (Å²) < 4.78 is 0.705. The summed E-state index contributed by atoms with van der Waals surface area (Å²) in [4.78, 5) is 38.6. The summed E-state index contributed by atoms with van der Waals surface area (Å²) in [6.07, 6.45) is 1.65. The van der Waals surface area contributed by atoms with Gasteiger partial charge in [0.1, 0.15) is 6.54 Å². The van der Waals surface area contributed by atoms with E-state index < -0.39 is 17.1 Å². The number of hydrogen-bond acceptors (Lipinski definition) is 5. The molecule has 1 saturated heterocycles. The summed E-state index contributed by atoms with van der Waals surface area (Å²) in [6, 6.07) is 8.65. The van der Waals surface area contributed by atoms with E-state index in [4.69, 9.17) is 11.6 Å². The third-order valence-corrected chi connectivity index (χ3v) is 6.15. The van der Waals surface area contributed by atoms with Crippen molar-refractivity contribution in [3.05, 3.63) is 55.0 Å². The standard InChI is InChI=1S/C16H10BrClN2O3S2/c17-11-4-3-9(6-12(11)18)19-14(21)8-20-15(22)13(25-16(20)23)7-10-2-1-5-24-10/h1-7H,8H2,(H,19,21)/b13-7+. The number of halogens is 2. The summed E-state index contributed by atoms with van der Waals surface area (Å²) in [5.74, 6) is -0.939. The number of carbonyl (C=O) groups is 3. The molecule has 0 saturated carbocycles. The topological polar surface area (TPSA) is 66.5 Å². The van der Waals surface area contributed by atoms with Gasteiger partial charge in [0.2, 0.25) is 5.91 Å². The summed E-state index contributed by atoms with van der Waals surface area (Å²) in [5.41, 5.74) is 0.485. The third-order valence-electron chi connectivity index (χ3n) is 3.20. The molecule has 1 aromatic heterocycles. The van der Waals surface area contributed by atoms with Crippen molar-refractivity contribution < 1.29 is 14.4 Å². The van der Waals surface area contributed by atoms with E-state index in [1.54, 1.807) is 24.3 Å². The average molecular weight is 458 g/mol. The van der Waals surface area contributed by atoms with Crippen molar-refractivity contribution in [1.82, 2.24) is 4.90 Å². The van der Waals surface area contributed by atoms with Crippen molar-refractivity contribution in [1.29, 1.82) is 0 Å². The summed E-state index contributed by atoms with van der Waals surface area (Å²) in [5, 5.41) is 4.49. The zero-order valence-electron chi connectivity index (χ0n) is 12.5.